The first-order valence-electron chi connectivity index (χ1n) is 6.30. The molecular weight excluding hydrogens is 375 g/mol. The van der Waals surface area contributed by atoms with Gasteiger partial charge in [-0.15, -0.1) is 0 Å². The van der Waals surface area contributed by atoms with Crippen molar-refractivity contribution in [1.29, 1.82) is 0 Å². The van der Waals surface area contributed by atoms with Gasteiger partial charge in [0.1, 0.15) is 17.4 Å². The molecule has 128 valence electrons. The number of alkyl halides is 3. The Kier molecular flexibility index (Phi) is 5.19. The van der Waals surface area contributed by atoms with Gasteiger partial charge in [0, 0.05) is 11.2 Å². The minimum absolute atomic E-state index is 0.144. The molecule has 2 rings (SSSR count). The molecule has 0 fully saturated rings. The third kappa shape index (κ3) is 4.27. The summed E-state index contributed by atoms with van der Waals surface area (Å²) < 4.78 is 52.2. The first-order valence-corrected chi connectivity index (χ1v) is 7.05. The number of amides is 1. The number of benzene rings is 1. The summed E-state index contributed by atoms with van der Waals surface area (Å²) in [6, 6.07) is 3.85. The molecule has 1 aromatic carbocycles. The number of halogens is 6. The average Bonchev–Trinajstić information content (AvgIpc) is 2.46. The molecule has 0 aliphatic carbocycles. The number of carbonyl (C=O) groups excluding carboxylic acids is 1. The minimum Gasteiger partial charge on any atom is -0.322 e. The van der Waals surface area contributed by atoms with E-state index >= 15 is 0 Å². The van der Waals surface area contributed by atoms with Crippen molar-refractivity contribution in [3.63, 3.8) is 0 Å². The van der Waals surface area contributed by atoms with Crippen LogP contribution in [0.5, 0.6) is 0 Å². The first-order chi connectivity index (χ1) is 11.1. The Morgan fingerprint density at radius 3 is 2.50 bits per heavy atom. The van der Waals surface area contributed by atoms with Crippen molar-refractivity contribution in [2.24, 2.45) is 0 Å². The number of hydrogen-bond donors (Lipinski definition) is 1. The van der Waals surface area contributed by atoms with Gasteiger partial charge >= 0.3 is 6.18 Å². The Balaban J connectivity index is 2.27. The molecule has 0 saturated carbocycles. The van der Waals surface area contributed by atoms with Crippen LogP contribution in [0.25, 0.3) is 0 Å². The van der Waals surface area contributed by atoms with E-state index in [0.29, 0.717) is 16.8 Å². The Labute approximate surface area is 142 Å². The monoisotopic (exact) mass is 382 g/mol. The van der Waals surface area contributed by atoms with Crippen molar-refractivity contribution in [2.45, 2.75) is 12.7 Å². The third-order valence-corrected chi connectivity index (χ3v) is 3.39. The number of nitrogens with one attached hydrogen (secondary N) is 1. The zero-order valence-corrected chi connectivity index (χ0v) is 13.1. The van der Waals surface area contributed by atoms with Gasteiger partial charge in [0.25, 0.3) is 5.56 Å². The number of anilines is 1. The van der Waals surface area contributed by atoms with Crippen molar-refractivity contribution >= 4 is 34.8 Å². The van der Waals surface area contributed by atoms with Crippen LogP contribution in [-0.4, -0.2) is 10.5 Å². The second kappa shape index (κ2) is 6.82. The summed E-state index contributed by atoms with van der Waals surface area (Å²) in [5, 5.41) is 1.58. The normalized spacial score (nSPS) is 11.4. The van der Waals surface area contributed by atoms with Crippen LogP contribution in [0.2, 0.25) is 10.0 Å². The highest BCUT2D eigenvalue weighted by atomic mass is 35.5. The lowest BCUT2D eigenvalue weighted by Gasteiger charge is -2.12. The summed E-state index contributed by atoms with van der Waals surface area (Å²) in [5.74, 6) is -1.71. The number of aromatic nitrogens is 1. The summed E-state index contributed by atoms with van der Waals surface area (Å²) in [6.07, 6.45) is -4.28. The van der Waals surface area contributed by atoms with Gasteiger partial charge in [-0.3, -0.25) is 9.59 Å². The predicted octanol–water partition coefficient (Wildman–Crippen LogP) is 3.95. The van der Waals surface area contributed by atoms with Gasteiger partial charge in [-0.05, 0) is 24.3 Å². The molecule has 0 aliphatic rings. The highest BCUT2D eigenvalue weighted by Gasteiger charge is 2.32. The molecule has 0 bridgehead atoms. The van der Waals surface area contributed by atoms with Crippen molar-refractivity contribution in [1.82, 2.24) is 4.57 Å². The molecule has 0 saturated heterocycles. The lowest BCUT2D eigenvalue weighted by atomic mass is 10.2. The zero-order chi connectivity index (χ0) is 18.1. The van der Waals surface area contributed by atoms with Gasteiger partial charge in [0.05, 0.1) is 11.3 Å². The first kappa shape index (κ1) is 18.3. The highest BCUT2D eigenvalue weighted by Crippen LogP contribution is 2.29. The largest absolute Gasteiger partial charge is 0.417 e. The molecule has 1 amide bonds. The summed E-state index contributed by atoms with van der Waals surface area (Å²) >= 11 is 11.1. The van der Waals surface area contributed by atoms with Gasteiger partial charge in [-0.25, -0.2) is 4.39 Å². The van der Waals surface area contributed by atoms with Crippen molar-refractivity contribution in [3.8, 4) is 0 Å². The van der Waals surface area contributed by atoms with Crippen LogP contribution < -0.4 is 10.9 Å². The maximum absolute atomic E-state index is 13.5. The molecule has 0 aliphatic heterocycles. The summed E-state index contributed by atoms with van der Waals surface area (Å²) in [4.78, 5) is 23.6. The second-order valence-electron chi connectivity index (χ2n) is 4.68. The zero-order valence-electron chi connectivity index (χ0n) is 11.6. The van der Waals surface area contributed by atoms with Crippen LogP contribution in [0.4, 0.5) is 23.2 Å². The van der Waals surface area contributed by atoms with Gasteiger partial charge in [-0.2, -0.15) is 13.2 Å². The number of pyridine rings is 1. The molecule has 4 nitrogen and oxygen atoms in total. The molecule has 1 aromatic heterocycles. The van der Waals surface area contributed by atoms with E-state index in [4.69, 9.17) is 23.2 Å². The van der Waals surface area contributed by atoms with E-state index in [-0.39, 0.29) is 10.7 Å². The Morgan fingerprint density at radius 1 is 1.21 bits per heavy atom. The highest BCUT2D eigenvalue weighted by molar-refractivity contribution is 6.31. The van der Waals surface area contributed by atoms with E-state index in [9.17, 15) is 27.2 Å². The van der Waals surface area contributed by atoms with E-state index < -0.39 is 40.6 Å². The van der Waals surface area contributed by atoms with Gasteiger partial charge in [0.2, 0.25) is 5.91 Å². The Bertz CT molecular complexity index is 850. The second-order valence-corrected chi connectivity index (χ2v) is 5.52. The van der Waals surface area contributed by atoms with Crippen LogP contribution in [0.1, 0.15) is 5.56 Å². The Hall–Kier alpha value is -2.06. The summed E-state index contributed by atoms with van der Waals surface area (Å²) in [6.45, 7) is -0.783. The lowest BCUT2D eigenvalue weighted by Crippen LogP contribution is -2.29. The molecule has 1 heterocycles. The fraction of sp³-hybridized carbons (Fsp3) is 0.143. The molecular formula is C14H8Cl2F4N2O2. The van der Waals surface area contributed by atoms with Crippen molar-refractivity contribution in [2.75, 3.05) is 5.32 Å². The van der Waals surface area contributed by atoms with E-state index in [1.54, 1.807) is 0 Å². The van der Waals surface area contributed by atoms with Crippen molar-refractivity contribution < 1.29 is 22.4 Å². The molecule has 0 radical (unpaired) electrons. The molecule has 10 heteroatoms. The van der Waals surface area contributed by atoms with Crippen LogP contribution in [0.3, 0.4) is 0 Å². The summed E-state index contributed by atoms with van der Waals surface area (Å²) in [7, 11) is 0. The fourth-order valence-corrected chi connectivity index (χ4v) is 2.21. The van der Waals surface area contributed by atoms with Crippen LogP contribution in [0.15, 0.2) is 35.3 Å². The maximum Gasteiger partial charge on any atom is 0.417 e. The molecule has 0 spiro atoms. The molecule has 0 atom stereocenters. The van der Waals surface area contributed by atoms with E-state index in [1.165, 1.54) is 6.07 Å². The van der Waals surface area contributed by atoms with Gasteiger partial charge in [0.15, 0.2) is 0 Å². The van der Waals surface area contributed by atoms with Crippen LogP contribution >= 0.6 is 23.2 Å². The van der Waals surface area contributed by atoms with E-state index in [0.717, 1.165) is 12.1 Å². The lowest BCUT2D eigenvalue weighted by molar-refractivity contribution is -0.138. The van der Waals surface area contributed by atoms with Crippen molar-refractivity contribution in [3.05, 3.63) is 62.2 Å². The average molecular weight is 383 g/mol. The molecule has 24 heavy (non-hydrogen) atoms. The SMILES string of the molecule is O=C(Cn1cc(C(F)(F)F)cc(Cl)c1=O)Nc1cc(Cl)ccc1F. The standard InChI is InChI=1S/C14H8Cl2F4N2O2/c15-8-1-2-10(17)11(4-8)21-12(23)6-22-5-7(14(18,19)20)3-9(16)13(22)24/h1-5H,6H2,(H,21,23). The third-order valence-electron chi connectivity index (χ3n) is 2.89. The van der Waals surface area contributed by atoms with Gasteiger partial charge in [-0.1, -0.05) is 23.2 Å². The Morgan fingerprint density at radius 2 is 1.88 bits per heavy atom. The maximum atomic E-state index is 13.5. The van der Waals surface area contributed by atoms with Crippen LogP contribution in [0, 0.1) is 5.82 Å². The molecule has 1 N–H and O–H groups in total. The number of hydrogen-bond acceptors (Lipinski definition) is 2. The quantitative estimate of drug-likeness (QED) is 0.817. The van der Waals surface area contributed by atoms with E-state index in [2.05, 4.69) is 5.32 Å². The number of nitrogens with zero attached hydrogens (tertiary/aromatic N) is 1. The molecule has 2 aromatic rings. The number of rotatable bonds is 3. The van der Waals surface area contributed by atoms with Crippen LogP contribution in [-0.2, 0) is 17.5 Å². The predicted molar refractivity (Wildman–Crippen MR) is 80.8 cm³/mol. The fourth-order valence-electron chi connectivity index (χ4n) is 1.81. The van der Waals surface area contributed by atoms with Gasteiger partial charge < -0.3 is 9.88 Å². The summed E-state index contributed by atoms with van der Waals surface area (Å²) in [5.41, 5.74) is -2.43. The molecule has 0 unspecified atom stereocenters. The topological polar surface area (TPSA) is 51.1 Å². The smallest absolute Gasteiger partial charge is 0.322 e. The minimum atomic E-state index is -4.74. The van der Waals surface area contributed by atoms with E-state index in [1.807, 2.05) is 0 Å². The number of carbonyl (C=O) groups is 1.